The van der Waals surface area contributed by atoms with Gasteiger partial charge in [0.2, 0.25) is 0 Å². The van der Waals surface area contributed by atoms with Crippen molar-refractivity contribution in [1.82, 2.24) is 5.32 Å². The van der Waals surface area contributed by atoms with Gasteiger partial charge in [-0.05, 0) is 13.0 Å². The Morgan fingerprint density at radius 1 is 1.43 bits per heavy atom. The van der Waals surface area contributed by atoms with Crippen molar-refractivity contribution < 1.29 is 13.9 Å². The van der Waals surface area contributed by atoms with Gasteiger partial charge in [-0.2, -0.15) is 0 Å². The molecule has 0 heterocycles. The normalized spacial score (nSPS) is 12.9. The molecule has 0 bridgehead atoms. The molecule has 1 aromatic rings. The molecule has 0 amide bonds. The Hall–Kier alpha value is -1.00. The zero-order chi connectivity index (χ0) is 10.6. The molecule has 1 atom stereocenters. The second kappa shape index (κ2) is 5.02. The Kier molecular flexibility index (Phi) is 3.98. The van der Waals surface area contributed by atoms with Crippen molar-refractivity contribution in [3.63, 3.8) is 0 Å². The molecular formula is C10H13F2NO. The Bertz CT molecular complexity index is 302. The lowest BCUT2D eigenvalue weighted by atomic mass is 10.2. The SMILES string of the molecule is C[C@H](O)CNCc1cccc(F)c1F. The van der Waals surface area contributed by atoms with E-state index >= 15 is 0 Å². The lowest BCUT2D eigenvalue weighted by Gasteiger charge is -2.07. The molecule has 2 nitrogen and oxygen atoms in total. The first-order valence-electron chi connectivity index (χ1n) is 4.43. The highest BCUT2D eigenvalue weighted by Gasteiger charge is 2.06. The van der Waals surface area contributed by atoms with Crippen LogP contribution in [0.2, 0.25) is 0 Å². The van der Waals surface area contributed by atoms with Crippen molar-refractivity contribution >= 4 is 0 Å². The summed E-state index contributed by atoms with van der Waals surface area (Å²) in [5, 5.41) is 11.7. The fraction of sp³-hybridized carbons (Fsp3) is 0.400. The maximum absolute atomic E-state index is 13.0. The summed E-state index contributed by atoms with van der Waals surface area (Å²) in [6.45, 7) is 2.19. The highest BCUT2D eigenvalue weighted by molar-refractivity contribution is 5.18. The summed E-state index contributed by atoms with van der Waals surface area (Å²) in [6, 6.07) is 4.04. The molecule has 0 saturated carbocycles. The highest BCUT2D eigenvalue weighted by Crippen LogP contribution is 2.10. The molecule has 14 heavy (non-hydrogen) atoms. The van der Waals surface area contributed by atoms with Crippen LogP contribution in [0.3, 0.4) is 0 Å². The average Bonchev–Trinajstić information content (AvgIpc) is 2.12. The minimum atomic E-state index is -0.846. The Labute approximate surface area is 81.6 Å². The van der Waals surface area contributed by atoms with E-state index in [1.807, 2.05) is 0 Å². The summed E-state index contributed by atoms with van der Waals surface area (Å²) < 4.78 is 25.8. The number of rotatable bonds is 4. The highest BCUT2D eigenvalue weighted by atomic mass is 19.2. The van der Waals surface area contributed by atoms with Crippen LogP contribution in [0.4, 0.5) is 8.78 Å². The Morgan fingerprint density at radius 2 is 2.14 bits per heavy atom. The number of benzene rings is 1. The minimum Gasteiger partial charge on any atom is -0.392 e. The van der Waals surface area contributed by atoms with E-state index in [9.17, 15) is 8.78 Å². The van der Waals surface area contributed by atoms with Gasteiger partial charge in [-0.3, -0.25) is 0 Å². The second-order valence-electron chi connectivity index (χ2n) is 3.19. The molecule has 2 N–H and O–H groups in total. The van der Waals surface area contributed by atoms with E-state index in [4.69, 9.17) is 5.11 Å². The summed E-state index contributed by atoms with van der Waals surface area (Å²) in [6.07, 6.45) is -0.494. The Morgan fingerprint density at radius 3 is 2.79 bits per heavy atom. The van der Waals surface area contributed by atoms with Crippen molar-refractivity contribution in [1.29, 1.82) is 0 Å². The van der Waals surface area contributed by atoms with E-state index in [-0.39, 0.29) is 12.1 Å². The molecule has 0 aromatic heterocycles. The summed E-state index contributed by atoms with van der Waals surface area (Å²) in [5.74, 6) is -1.67. The molecule has 0 radical (unpaired) electrons. The van der Waals surface area contributed by atoms with E-state index in [2.05, 4.69) is 5.32 Å². The van der Waals surface area contributed by atoms with Crippen molar-refractivity contribution in [2.75, 3.05) is 6.54 Å². The van der Waals surface area contributed by atoms with Gasteiger partial charge in [0.05, 0.1) is 6.10 Å². The molecule has 4 heteroatoms. The number of aliphatic hydroxyl groups excluding tert-OH is 1. The first-order chi connectivity index (χ1) is 6.61. The molecule has 1 rings (SSSR count). The number of hydrogen-bond acceptors (Lipinski definition) is 2. The second-order valence-corrected chi connectivity index (χ2v) is 3.19. The molecule has 0 aliphatic rings. The number of halogens is 2. The lowest BCUT2D eigenvalue weighted by Crippen LogP contribution is -2.24. The van der Waals surface area contributed by atoms with Gasteiger partial charge in [-0.1, -0.05) is 12.1 Å². The van der Waals surface area contributed by atoms with Gasteiger partial charge in [0, 0.05) is 18.7 Å². The van der Waals surface area contributed by atoms with Crippen molar-refractivity contribution in [2.45, 2.75) is 19.6 Å². The first kappa shape index (κ1) is 11.1. The number of nitrogens with one attached hydrogen (secondary N) is 1. The number of aliphatic hydroxyl groups is 1. The van der Waals surface area contributed by atoms with Crippen molar-refractivity contribution in [2.24, 2.45) is 0 Å². The van der Waals surface area contributed by atoms with E-state index in [0.29, 0.717) is 6.54 Å². The summed E-state index contributed by atoms with van der Waals surface area (Å²) >= 11 is 0. The van der Waals surface area contributed by atoms with Gasteiger partial charge >= 0.3 is 0 Å². The van der Waals surface area contributed by atoms with Gasteiger partial charge in [-0.15, -0.1) is 0 Å². The van der Waals surface area contributed by atoms with Crippen LogP contribution in [0.5, 0.6) is 0 Å². The fourth-order valence-corrected chi connectivity index (χ4v) is 1.10. The van der Waals surface area contributed by atoms with Crippen LogP contribution >= 0.6 is 0 Å². The van der Waals surface area contributed by atoms with Gasteiger partial charge in [0.1, 0.15) is 0 Å². The van der Waals surface area contributed by atoms with Crippen LogP contribution in [0.1, 0.15) is 12.5 Å². The van der Waals surface area contributed by atoms with Crippen LogP contribution in [0.15, 0.2) is 18.2 Å². The topological polar surface area (TPSA) is 32.3 Å². The molecule has 78 valence electrons. The maximum atomic E-state index is 13.0. The summed E-state index contributed by atoms with van der Waals surface area (Å²) in [5.41, 5.74) is 0.269. The molecule has 0 fully saturated rings. The quantitative estimate of drug-likeness (QED) is 0.772. The van der Waals surface area contributed by atoms with Crippen LogP contribution in [-0.4, -0.2) is 17.8 Å². The molecule has 1 aromatic carbocycles. The smallest absolute Gasteiger partial charge is 0.163 e. The van der Waals surface area contributed by atoms with Crippen LogP contribution in [0.25, 0.3) is 0 Å². The van der Waals surface area contributed by atoms with Gasteiger partial charge in [0.25, 0.3) is 0 Å². The molecule has 0 aliphatic carbocycles. The predicted octanol–water partition coefficient (Wildman–Crippen LogP) is 1.44. The van der Waals surface area contributed by atoms with Crippen LogP contribution in [0, 0.1) is 11.6 Å². The first-order valence-corrected chi connectivity index (χ1v) is 4.43. The molecular weight excluding hydrogens is 188 g/mol. The molecule has 0 saturated heterocycles. The Balaban J connectivity index is 2.54. The van der Waals surface area contributed by atoms with E-state index in [0.717, 1.165) is 6.07 Å². The fourth-order valence-electron chi connectivity index (χ4n) is 1.10. The van der Waals surface area contributed by atoms with Gasteiger partial charge < -0.3 is 10.4 Å². The average molecular weight is 201 g/mol. The largest absolute Gasteiger partial charge is 0.392 e. The molecule has 0 spiro atoms. The minimum absolute atomic E-state index is 0.217. The van der Waals surface area contributed by atoms with E-state index in [1.54, 1.807) is 6.92 Å². The molecule has 0 aliphatic heterocycles. The third kappa shape index (κ3) is 3.05. The molecule has 0 unspecified atom stereocenters. The third-order valence-corrected chi connectivity index (χ3v) is 1.79. The van der Waals surface area contributed by atoms with Crippen LogP contribution in [-0.2, 0) is 6.54 Å². The van der Waals surface area contributed by atoms with Crippen molar-refractivity contribution in [3.8, 4) is 0 Å². The summed E-state index contributed by atoms with van der Waals surface area (Å²) in [7, 11) is 0. The van der Waals surface area contributed by atoms with E-state index < -0.39 is 17.7 Å². The monoisotopic (exact) mass is 201 g/mol. The van der Waals surface area contributed by atoms with Gasteiger partial charge in [0.15, 0.2) is 11.6 Å². The zero-order valence-electron chi connectivity index (χ0n) is 7.93. The van der Waals surface area contributed by atoms with E-state index in [1.165, 1.54) is 12.1 Å². The van der Waals surface area contributed by atoms with Crippen molar-refractivity contribution in [3.05, 3.63) is 35.4 Å². The third-order valence-electron chi connectivity index (χ3n) is 1.79. The standard InChI is InChI=1S/C10H13F2NO/c1-7(14)5-13-6-8-3-2-4-9(11)10(8)12/h2-4,7,13-14H,5-6H2,1H3/t7-/m0/s1. The summed E-state index contributed by atoms with van der Waals surface area (Å²) in [4.78, 5) is 0. The lowest BCUT2D eigenvalue weighted by molar-refractivity contribution is 0.190. The zero-order valence-corrected chi connectivity index (χ0v) is 7.93. The maximum Gasteiger partial charge on any atom is 0.163 e. The number of hydrogen-bond donors (Lipinski definition) is 2. The predicted molar refractivity (Wildman–Crippen MR) is 49.7 cm³/mol. The van der Waals surface area contributed by atoms with Crippen LogP contribution < -0.4 is 5.32 Å². The van der Waals surface area contributed by atoms with Gasteiger partial charge in [-0.25, -0.2) is 8.78 Å².